The Morgan fingerprint density at radius 2 is 2.43 bits per heavy atom. The van der Waals surface area contributed by atoms with E-state index in [-0.39, 0.29) is 12.4 Å². The first kappa shape index (κ1) is 10.7. The largest absolute Gasteiger partial charge is 0.469 e. The molecule has 1 heterocycles. The van der Waals surface area contributed by atoms with E-state index in [1.165, 1.54) is 7.11 Å². The molecule has 4 nitrogen and oxygen atoms in total. The van der Waals surface area contributed by atoms with E-state index in [9.17, 15) is 4.79 Å². The number of esters is 1. The third-order valence-corrected chi connectivity index (χ3v) is 2.18. The lowest BCUT2D eigenvalue weighted by molar-refractivity contribution is -0.139. The van der Waals surface area contributed by atoms with Crippen molar-refractivity contribution in [3.8, 4) is 6.07 Å². The summed E-state index contributed by atoms with van der Waals surface area (Å²) in [7, 11) is 1.32. The molecule has 0 aromatic carbocycles. The van der Waals surface area contributed by atoms with Crippen LogP contribution < -0.4 is 0 Å². The summed E-state index contributed by atoms with van der Waals surface area (Å²) in [6.07, 6.45) is 0.112. The van der Waals surface area contributed by atoms with Crippen molar-refractivity contribution in [1.82, 2.24) is 4.98 Å². The Hall–Kier alpha value is -1.41. The smallest absolute Gasteiger partial charge is 0.311 e. The number of hydrogen-bond acceptors (Lipinski definition) is 4. The molecule has 0 saturated carbocycles. The van der Waals surface area contributed by atoms with Crippen LogP contribution in [-0.4, -0.2) is 18.1 Å². The number of rotatable bonds is 2. The molecule has 0 spiro atoms. The lowest BCUT2D eigenvalue weighted by Gasteiger charge is -2.00. The molecule has 1 aromatic heterocycles. The number of carbonyl (C=O) groups is 1. The van der Waals surface area contributed by atoms with Crippen LogP contribution in [0.15, 0.2) is 16.7 Å². The molecule has 0 aliphatic carbocycles. The highest BCUT2D eigenvalue weighted by molar-refractivity contribution is 9.10. The van der Waals surface area contributed by atoms with Gasteiger partial charge in [-0.15, -0.1) is 0 Å². The van der Waals surface area contributed by atoms with Gasteiger partial charge in [0.2, 0.25) is 0 Å². The van der Waals surface area contributed by atoms with Crippen LogP contribution in [0.25, 0.3) is 0 Å². The summed E-state index contributed by atoms with van der Waals surface area (Å²) >= 11 is 3.13. The fourth-order valence-corrected chi connectivity index (χ4v) is 1.32. The van der Waals surface area contributed by atoms with Gasteiger partial charge in [-0.2, -0.15) is 5.26 Å². The summed E-state index contributed by atoms with van der Waals surface area (Å²) in [5.74, 6) is -0.353. The normalized spacial score (nSPS) is 9.21. The van der Waals surface area contributed by atoms with Crippen molar-refractivity contribution in [2.75, 3.05) is 7.11 Å². The van der Waals surface area contributed by atoms with Gasteiger partial charge in [-0.3, -0.25) is 4.79 Å². The predicted octanol–water partition coefficient (Wildman–Crippen LogP) is 1.43. The second-order valence-corrected chi connectivity index (χ2v) is 3.26. The number of pyridine rings is 1. The molecular weight excluding hydrogens is 248 g/mol. The van der Waals surface area contributed by atoms with Gasteiger partial charge in [-0.05, 0) is 28.1 Å². The van der Waals surface area contributed by atoms with Gasteiger partial charge in [0.1, 0.15) is 10.7 Å². The van der Waals surface area contributed by atoms with Gasteiger partial charge in [-0.1, -0.05) is 0 Å². The highest BCUT2D eigenvalue weighted by Crippen LogP contribution is 2.13. The molecule has 5 heteroatoms. The first-order valence-electron chi connectivity index (χ1n) is 3.79. The van der Waals surface area contributed by atoms with Crippen LogP contribution >= 0.6 is 15.9 Å². The van der Waals surface area contributed by atoms with Crippen LogP contribution in [0, 0.1) is 11.3 Å². The van der Waals surface area contributed by atoms with Crippen molar-refractivity contribution >= 4 is 21.9 Å². The van der Waals surface area contributed by atoms with Gasteiger partial charge in [0.25, 0.3) is 0 Å². The summed E-state index contributed by atoms with van der Waals surface area (Å²) in [6.45, 7) is 0. The Labute approximate surface area is 89.6 Å². The molecule has 72 valence electrons. The molecule has 0 saturated heterocycles. The number of aromatic nitrogens is 1. The van der Waals surface area contributed by atoms with E-state index in [0.717, 1.165) is 0 Å². The highest BCUT2D eigenvalue weighted by Gasteiger charge is 2.06. The quantitative estimate of drug-likeness (QED) is 0.592. The Kier molecular flexibility index (Phi) is 3.60. The van der Waals surface area contributed by atoms with Crippen LogP contribution in [0.1, 0.15) is 11.3 Å². The van der Waals surface area contributed by atoms with Crippen molar-refractivity contribution in [3.05, 3.63) is 28.0 Å². The van der Waals surface area contributed by atoms with Crippen molar-refractivity contribution in [2.45, 2.75) is 6.42 Å². The Morgan fingerprint density at radius 3 is 2.93 bits per heavy atom. The second-order valence-electron chi connectivity index (χ2n) is 2.51. The van der Waals surface area contributed by atoms with Crippen LogP contribution in [-0.2, 0) is 16.0 Å². The molecule has 0 N–H and O–H groups in total. The number of carbonyl (C=O) groups excluding carboxylic acids is 1. The van der Waals surface area contributed by atoms with Gasteiger partial charge in [0.05, 0.1) is 24.8 Å². The van der Waals surface area contributed by atoms with E-state index in [4.69, 9.17) is 5.26 Å². The third kappa shape index (κ3) is 2.54. The fourth-order valence-electron chi connectivity index (χ4n) is 0.874. The number of halogens is 1. The Morgan fingerprint density at radius 1 is 1.71 bits per heavy atom. The number of hydrogen-bond donors (Lipinski definition) is 0. The summed E-state index contributed by atoms with van der Waals surface area (Å²) in [5, 5.41) is 8.63. The zero-order valence-corrected chi connectivity index (χ0v) is 9.04. The van der Waals surface area contributed by atoms with E-state index in [0.29, 0.717) is 15.9 Å². The van der Waals surface area contributed by atoms with Crippen molar-refractivity contribution in [1.29, 1.82) is 5.26 Å². The fraction of sp³-hybridized carbons (Fsp3) is 0.222. The topological polar surface area (TPSA) is 63.0 Å². The number of nitrogens with zero attached hydrogens (tertiary/aromatic N) is 2. The van der Waals surface area contributed by atoms with Crippen molar-refractivity contribution in [3.63, 3.8) is 0 Å². The maximum Gasteiger partial charge on any atom is 0.311 e. The molecule has 1 aromatic rings. The van der Waals surface area contributed by atoms with Crippen LogP contribution in [0.3, 0.4) is 0 Å². The molecule has 0 amide bonds. The molecule has 0 atom stereocenters. The van der Waals surface area contributed by atoms with E-state index in [2.05, 4.69) is 25.7 Å². The zero-order valence-electron chi connectivity index (χ0n) is 7.45. The first-order valence-corrected chi connectivity index (χ1v) is 4.59. The molecule has 0 bridgehead atoms. The van der Waals surface area contributed by atoms with Crippen LogP contribution in [0.2, 0.25) is 0 Å². The lowest BCUT2D eigenvalue weighted by atomic mass is 10.2. The lowest BCUT2D eigenvalue weighted by Crippen LogP contribution is -2.06. The third-order valence-electron chi connectivity index (χ3n) is 1.58. The molecule has 0 radical (unpaired) electrons. The second kappa shape index (κ2) is 4.72. The first-order chi connectivity index (χ1) is 6.67. The standard InChI is InChI=1S/C9H7BrN2O2/c1-14-8(13)4-7-3-2-6(5-11)9(10)12-7/h2-3H,4H2,1H3. The summed E-state index contributed by atoms with van der Waals surface area (Å²) < 4.78 is 4.94. The molecule has 0 aliphatic heterocycles. The number of methoxy groups -OCH3 is 1. The minimum absolute atomic E-state index is 0.112. The minimum Gasteiger partial charge on any atom is -0.469 e. The highest BCUT2D eigenvalue weighted by atomic mass is 79.9. The monoisotopic (exact) mass is 254 g/mol. The van der Waals surface area contributed by atoms with E-state index in [1.54, 1.807) is 12.1 Å². The summed E-state index contributed by atoms with van der Waals surface area (Å²) in [5.41, 5.74) is 1.02. The number of nitriles is 1. The number of ether oxygens (including phenoxy) is 1. The van der Waals surface area contributed by atoms with E-state index < -0.39 is 0 Å². The zero-order chi connectivity index (χ0) is 10.6. The van der Waals surface area contributed by atoms with Gasteiger partial charge >= 0.3 is 5.97 Å². The molecule has 1 rings (SSSR count). The minimum atomic E-state index is -0.353. The average Bonchev–Trinajstić information content (AvgIpc) is 2.18. The van der Waals surface area contributed by atoms with Crippen LogP contribution in [0.4, 0.5) is 0 Å². The molecule has 0 fully saturated rings. The predicted molar refractivity (Wildman–Crippen MR) is 52.4 cm³/mol. The molecule has 0 unspecified atom stereocenters. The van der Waals surface area contributed by atoms with Gasteiger partial charge < -0.3 is 4.74 Å². The summed E-state index contributed by atoms with van der Waals surface area (Å²) in [4.78, 5) is 14.9. The summed E-state index contributed by atoms with van der Waals surface area (Å²) in [6, 6.07) is 5.20. The molecule has 0 aliphatic rings. The van der Waals surface area contributed by atoms with Gasteiger partial charge in [-0.25, -0.2) is 4.98 Å². The van der Waals surface area contributed by atoms with E-state index >= 15 is 0 Å². The Balaban J connectivity index is 2.88. The van der Waals surface area contributed by atoms with Crippen molar-refractivity contribution in [2.24, 2.45) is 0 Å². The van der Waals surface area contributed by atoms with Crippen LogP contribution in [0.5, 0.6) is 0 Å². The van der Waals surface area contributed by atoms with E-state index in [1.807, 2.05) is 6.07 Å². The van der Waals surface area contributed by atoms with Crippen molar-refractivity contribution < 1.29 is 9.53 Å². The maximum absolute atomic E-state index is 10.9. The maximum atomic E-state index is 10.9. The average molecular weight is 255 g/mol. The van der Waals surface area contributed by atoms with Gasteiger partial charge in [0, 0.05) is 0 Å². The van der Waals surface area contributed by atoms with Gasteiger partial charge in [0.15, 0.2) is 0 Å². The molecule has 14 heavy (non-hydrogen) atoms. The molecular formula is C9H7BrN2O2. The SMILES string of the molecule is COC(=O)Cc1ccc(C#N)c(Br)n1. The Bertz CT molecular complexity index is 398.